The summed E-state index contributed by atoms with van der Waals surface area (Å²) in [6.07, 6.45) is -7.66. The molecule has 1 saturated carbocycles. The van der Waals surface area contributed by atoms with Crippen LogP contribution in [0, 0.1) is 23.7 Å². The van der Waals surface area contributed by atoms with Crippen molar-refractivity contribution in [1.29, 1.82) is 0 Å². The van der Waals surface area contributed by atoms with Gasteiger partial charge in [0.2, 0.25) is 77.8 Å². The van der Waals surface area contributed by atoms with Gasteiger partial charge in [0.1, 0.15) is 60.0 Å². The molecule has 0 aromatic heterocycles. The van der Waals surface area contributed by atoms with Crippen LogP contribution < -0.4 is 64.2 Å². The first-order valence-corrected chi connectivity index (χ1v) is 31.0. The third kappa shape index (κ3) is 24.6. The van der Waals surface area contributed by atoms with Crippen LogP contribution in [0.1, 0.15) is 138 Å². The van der Waals surface area contributed by atoms with Gasteiger partial charge < -0.3 is 79.2 Å². The SMILES string of the molecule is CC[C@H](C)[C@H](NC(=O)[C@@H](Cc1ccccc1)NC)C(=O)N[C@@H](CO)C(=O)N[C@H](CCC(N)=O)C(=O)N[C@@H](C(=O)N[C@@H](CCCCCCC(F)F)C(=O)N[C@@H](CO)C(=O)N[C@H]1C(=O)NCC(=O)N[C@@]2(C[C@H]2CC(F)F)C(=O)N[C@@H]([C@@H](C)CC)C(=O)O[C@H]1C)[C@@H](C)CC. The number of ether oxygens (including phenoxy) is 1. The maximum Gasteiger partial charge on any atom is 0.329 e. The first-order valence-electron chi connectivity index (χ1n) is 31.0. The number of aliphatic hydroxyl groups is 2. The number of alkyl halides is 4. The van der Waals surface area contributed by atoms with Gasteiger partial charge in [-0.25, -0.2) is 22.4 Å². The number of cyclic esters (lactones) is 1. The second kappa shape index (κ2) is 38.3. The molecule has 31 heteroatoms. The number of nitrogens with two attached hydrogens (primary N) is 1. The van der Waals surface area contributed by atoms with E-state index in [1.165, 1.54) is 6.92 Å². The van der Waals surface area contributed by atoms with Gasteiger partial charge in [0, 0.05) is 19.3 Å². The summed E-state index contributed by atoms with van der Waals surface area (Å²) in [5.41, 5.74) is 4.43. The Balaban J connectivity index is 1.90. The van der Waals surface area contributed by atoms with E-state index in [1.54, 1.807) is 48.6 Å². The standard InChI is InChI=1S/C60H94F4N12O15/c1-9-31(4)46(72-51(82)38(23-24-44(65)79)68-53(84)40(29-77)71-57(88)47(32(5)10-2)73-52(83)39(66-8)25-35-19-15-14-16-20-35)56(87)69-37(21-17-12-13-18-22-42(61)62)50(81)70-41(30-78)54(85)74-49-34(7)91-58(89)48(33(6)11-3)75-59(90)60(27-36(60)26-43(63)64)76-45(80)28-67-55(49)86/h14-16,19-20,31-34,36-43,46-49,66,77-78H,9-13,17-18,21-30H2,1-8H3,(H2,65,79)(H,67,86)(H,68,84)(H,69,87)(H,70,81)(H,71,88)(H,72,82)(H,73,83)(H,74,85)(H,75,90)(H,76,80)/t31-,32-,33-,34-,36+,37-,38+,39+,40-,41-,46+,47-,48-,49+,60+/m0/s1. The minimum absolute atomic E-state index is 0.112. The average molecular weight is 1300 g/mol. The Morgan fingerprint density at radius 1 is 0.659 bits per heavy atom. The number of aliphatic hydroxyl groups excluding tert-OH is 2. The molecule has 1 spiro atoms. The van der Waals surface area contributed by atoms with Crippen LogP contribution in [-0.4, -0.2) is 187 Å². The summed E-state index contributed by atoms with van der Waals surface area (Å²) in [5, 5.41) is 48.3. The Bertz CT molecular complexity index is 2630. The van der Waals surface area contributed by atoms with Crippen molar-refractivity contribution in [2.45, 2.75) is 217 Å². The first-order chi connectivity index (χ1) is 43.0. The van der Waals surface area contributed by atoms with Crippen LogP contribution in [0.3, 0.4) is 0 Å². The fourth-order valence-corrected chi connectivity index (χ4v) is 10.2. The number of halogens is 4. The predicted octanol–water partition coefficient (Wildman–Crippen LogP) is -0.719. The van der Waals surface area contributed by atoms with Crippen molar-refractivity contribution in [2.24, 2.45) is 29.4 Å². The summed E-state index contributed by atoms with van der Waals surface area (Å²) in [7, 11) is 1.58. The topological polar surface area (TPSA) is 413 Å². The monoisotopic (exact) mass is 1300 g/mol. The molecule has 1 aromatic carbocycles. The van der Waals surface area contributed by atoms with Gasteiger partial charge in [-0.1, -0.05) is 110 Å². The van der Waals surface area contributed by atoms with Crippen LogP contribution in [0.2, 0.25) is 0 Å². The molecule has 1 aromatic rings. The number of unbranched alkanes of at least 4 members (excludes halogenated alkanes) is 3. The molecule has 91 heavy (non-hydrogen) atoms. The number of hydrogen-bond acceptors (Lipinski definition) is 16. The Morgan fingerprint density at radius 2 is 1.16 bits per heavy atom. The largest absolute Gasteiger partial charge is 0.458 e. The Morgan fingerprint density at radius 3 is 1.69 bits per heavy atom. The number of nitrogens with one attached hydrogen (secondary N) is 11. The van der Waals surface area contributed by atoms with Crippen LogP contribution in [0.25, 0.3) is 0 Å². The van der Waals surface area contributed by atoms with E-state index in [0.29, 0.717) is 6.42 Å². The van der Waals surface area contributed by atoms with Gasteiger partial charge >= 0.3 is 5.97 Å². The van der Waals surface area contributed by atoms with E-state index in [0.717, 1.165) is 5.56 Å². The Hall–Kier alpha value is -7.54. The molecule has 3 rings (SSSR count). The summed E-state index contributed by atoms with van der Waals surface area (Å²) in [6.45, 7) is 8.08. The smallest absolute Gasteiger partial charge is 0.329 e. The lowest BCUT2D eigenvalue weighted by Crippen LogP contribution is -2.62. The van der Waals surface area contributed by atoms with Gasteiger partial charge in [0.25, 0.3) is 0 Å². The molecule has 1 saturated heterocycles. The number of benzene rings is 1. The maximum atomic E-state index is 14.5. The van der Waals surface area contributed by atoms with Crippen LogP contribution in [0.5, 0.6) is 0 Å². The number of likely N-dealkylation sites (N-methyl/N-ethyl adjacent to an activating group) is 1. The highest BCUT2D eigenvalue weighted by Crippen LogP contribution is 2.47. The van der Waals surface area contributed by atoms with E-state index < -0.39 is 219 Å². The van der Waals surface area contributed by atoms with Gasteiger partial charge in [-0.15, -0.1) is 0 Å². The summed E-state index contributed by atoms with van der Waals surface area (Å²) in [4.78, 5) is 165. The van der Waals surface area contributed by atoms with E-state index in [9.17, 15) is 85.3 Å². The summed E-state index contributed by atoms with van der Waals surface area (Å²) >= 11 is 0. The van der Waals surface area contributed by atoms with E-state index >= 15 is 0 Å². The summed E-state index contributed by atoms with van der Waals surface area (Å²) < 4.78 is 58.6. The van der Waals surface area contributed by atoms with Crippen LogP contribution in [-0.2, 0) is 68.7 Å². The highest BCUT2D eigenvalue weighted by molar-refractivity contribution is 6.00. The third-order valence-corrected chi connectivity index (χ3v) is 16.6. The molecule has 2 aliphatic rings. The third-order valence-electron chi connectivity index (χ3n) is 16.6. The molecule has 0 bridgehead atoms. The quantitative estimate of drug-likeness (QED) is 0.0222. The molecule has 0 radical (unpaired) electrons. The van der Waals surface area contributed by atoms with Crippen LogP contribution in [0.15, 0.2) is 30.3 Å². The van der Waals surface area contributed by atoms with Crippen molar-refractivity contribution in [3.8, 4) is 0 Å². The fraction of sp³-hybridized carbons (Fsp3) is 0.700. The van der Waals surface area contributed by atoms with Crippen molar-refractivity contribution in [1.82, 2.24) is 58.5 Å². The predicted molar refractivity (Wildman–Crippen MR) is 321 cm³/mol. The number of hydrogen-bond donors (Lipinski definition) is 14. The molecule has 512 valence electrons. The molecule has 15 N–H and O–H groups in total. The molecule has 1 aliphatic carbocycles. The molecule has 27 nitrogen and oxygen atoms in total. The van der Waals surface area contributed by atoms with Crippen molar-refractivity contribution >= 4 is 70.9 Å². The lowest BCUT2D eigenvalue weighted by atomic mass is 9.96. The molecule has 1 heterocycles. The zero-order valence-corrected chi connectivity index (χ0v) is 52.9. The minimum atomic E-state index is -2.85. The highest BCUT2D eigenvalue weighted by Gasteiger charge is 2.62. The lowest BCUT2D eigenvalue weighted by molar-refractivity contribution is -0.157. The van der Waals surface area contributed by atoms with E-state index in [-0.39, 0.29) is 57.8 Å². The van der Waals surface area contributed by atoms with Gasteiger partial charge in [0.15, 0.2) is 0 Å². The Labute approximate surface area is 527 Å². The normalized spacial score (nSPS) is 21.9. The number of carbonyl (C=O) groups excluding carboxylic acids is 12. The fourth-order valence-electron chi connectivity index (χ4n) is 10.2. The number of primary amides is 1. The van der Waals surface area contributed by atoms with Gasteiger partial charge in [-0.3, -0.25) is 52.7 Å². The zero-order valence-electron chi connectivity index (χ0n) is 52.9. The van der Waals surface area contributed by atoms with Crippen molar-refractivity contribution in [3.63, 3.8) is 0 Å². The molecule has 2 fully saturated rings. The lowest BCUT2D eigenvalue weighted by Gasteiger charge is -2.30. The van der Waals surface area contributed by atoms with Crippen molar-refractivity contribution < 1.29 is 90.0 Å². The zero-order chi connectivity index (χ0) is 68.3. The second-order valence-electron chi connectivity index (χ2n) is 23.5. The van der Waals surface area contributed by atoms with Crippen LogP contribution >= 0.6 is 0 Å². The molecular formula is C60H94F4N12O15. The number of carbonyl (C=O) groups is 12. The molecule has 0 unspecified atom stereocenters. The highest BCUT2D eigenvalue weighted by atomic mass is 19.3. The van der Waals surface area contributed by atoms with Gasteiger partial charge in [0.05, 0.1) is 25.8 Å². The van der Waals surface area contributed by atoms with E-state index in [2.05, 4.69) is 58.5 Å². The summed E-state index contributed by atoms with van der Waals surface area (Å²) in [6, 6.07) is -4.65. The minimum Gasteiger partial charge on any atom is -0.458 e. The number of esters is 1. The molecular weight excluding hydrogens is 1200 g/mol. The number of amides is 11. The first kappa shape index (κ1) is 77.7. The molecule has 11 amide bonds. The molecule has 15 atom stereocenters. The average Bonchev–Trinajstić information content (AvgIpc) is 1.59. The van der Waals surface area contributed by atoms with E-state index in [4.69, 9.17) is 10.5 Å². The summed E-state index contributed by atoms with van der Waals surface area (Å²) in [5.74, 6) is -14.9. The molecule has 1 aliphatic heterocycles. The second-order valence-corrected chi connectivity index (χ2v) is 23.5. The van der Waals surface area contributed by atoms with E-state index in [1.807, 2.05) is 30.3 Å². The van der Waals surface area contributed by atoms with Gasteiger partial charge in [-0.05, 0) is 75.3 Å². The maximum absolute atomic E-state index is 14.5. The Kier molecular flexibility index (Phi) is 32.7. The van der Waals surface area contributed by atoms with Crippen molar-refractivity contribution in [3.05, 3.63) is 35.9 Å². The van der Waals surface area contributed by atoms with Gasteiger partial charge in [-0.2, -0.15) is 0 Å². The van der Waals surface area contributed by atoms with Crippen LogP contribution in [0.4, 0.5) is 17.6 Å². The number of rotatable bonds is 37. The van der Waals surface area contributed by atoms with Crippen molar-refractivity contribution in [2.75, 3.05) is 26.8 Å².